The summed E-state index contributed by atoms with van der Waals surface area (Å²) in [6.45, 7) is 3.20. The quantitative estimate of drug-likeness (QED) is 0.909. The molecule has 1 aromatic carbocycles. The molecule has 2 N–H and O–H groups in total. The highest BCUT2D eigenvalue weighted by molar-refractivity contribution is 6.30. The van der Waals surface area contributed by atoms with Crippen LogP contribution in [0.2, 0.25) is 5.02 Å². The maximum Gasteiger partial charge on any atom is 0.200 e. The van der Waals surface area contributed by atoms with Crippen molar-refractivity contribution in [1.82, 2.24) is 9.55 Å². The van der Waals surface area contributed by atoms with E-state index in [0.29, 0.717) is 17.6 Å². The third-order valence-corrected chi connectivity index (χ3v) is 2.62. The normalized spacial score (nSPS) is 10.5. The Morgan fingerprint density at radius 1 is 1.47 bits per heavy atom. The first-order valence-corrected chi connectivity index (χ1v) is 5.76. The van der Waals surface area contributed by atoms with Crippen LogP contribution in [0.1, 0.15) is 12.6 Å². The molecule has 0 atom stereocenters. The van der Waals surface area contributed by atoms with E-state index in [0.717, 1.165) is 18.0 Å². The zero-order valence-corrected chi connectivity index (χ0v) is 10.3. The molecule has 1 heterocycles. The number of nitrogens with zero attached hydrogens (tertiary/aromatic N) is 2. The molecule has 17 heavy (non-hydrogen) atoms. The average Bonchev–Trinajstić information content (AvgIpc) is 2.67. The van der Waals surface area contributed by atoms with E-state index in [1.54, 1.807) is 12.1 Å². The van der Waals surface area contributed by atoms with Gasteiger partial charge < -0.3 is 15.0 Å². The van der Waals surface area contributed by atoms with Gasteiger partial charge in [0.1, 0.15) is 12.4 Å². The predicted molar refractivity (Wildman–Crippen MR) is 68.1 cm³/mol. The molecule has 90 valence electrons. The number of benzene rings is 1. The van der Waals surface area contributed by atoms with Crippen LogP contribution in [0.4, 0.5) is 5.95 Å². The molecule has 0 aliphatic carbocycles. The highest BCUT2D eigenvalue weighted by atomic mass is 35.5. The number of aromatic nitrogens is 2. The zero-order chi connectivity index (χ0) is 12.3. The number of nitrogens with two attached hydrogens (primary N) is 1. The third-order valence-electron chi connectivity index (χ3n) is 2.38. The summed E-state index contributed by atoms with van der Waals surface area (Å²) in [4.78, 5) is 4.20. The Kier molecular flexibility index (Phi) is 3.54. The minimum atomic E-state index is 0.386. The molecule has 2 rings (SSSR count). The molecule has 0 saturated heterocycles. The van der Waals surface area contributed by atoms with Gasteiger partial charge in [0.05, 0.1) is 5.69 Å². The van der Waals surface area contributed by atoms with Crippen molar-refractivity contribution in [2.75, 3.05) is 5.73 Å². The molecule has 0 fully saturated rings. The first-order chi connectivity index (χ1) is 8.19. The van der Waals surface area contributed by atoms with Crippen LogP contribution in [-0.4, -0.2) is 9.55 Å². The van der Waals surface area contributed by atoms with Gasteiger partial charge in [0.15, 0.2) is 5.95 Å². The standard InChI is InChI=1S/C12H14ClN3O/c1-2-16-7-10(15-12(16)14)8-17-11-5-3-4-9(13)6-11/h3-7H,2,8H2,1H3,(H2,14,15). The van der Waals surface area contributed by atoms with Crippen molar-refractivity contribution >= 4 is 17.5 Å². The molecule has 0 aliphatic rings. The van der Waals surface area contributed by atoms with Crippen molar-refractivity contribution in [1.29, 1.82) is 0 Å². The molecule has 4 nitrogen and oxygen atoms in total. The van der Waals surface area contributed by atoms with E-state index in [9.17, 15) is 0 Å². The van der Waals surface area contributed by atoms with Gasteiger partial charge in [-0.05, 0) is 25.1 Å². The van der Waals surface area contributed by atoms with Crippen LogP contribution in [0.5, 0.6) is 5.75 Å². The Balaban J connectivity index is 2.02. The summed E-state index contributed by atoms with van der Waals surface area (Å²) in [5.41, 5.74) is 6.53. The summed E-state index contributed by atoms with van der Waals surface area (Å²) < 4.78 is 7.44. The maximum atomic E-state index is 5.86. The fourth-order valence-electron chi connectivity index (χ4n) is 1.52. The number of hydrogen-bond acceptors (Lipinski definition) is 3. The van der Waals surface area contributed by atoms with Gasteiger partial charge >= 0.3 is 0 Å². The van der Waals surface area contributed by atoms with E-state index >= 15 is 0 Å². The minimum Gasteiger partial charge on any atom is -0.487 e. The summed E-state index contributed by atoms with van der Waals surface area (Å²) in [7, 11) is 0. The lowest BCUT2D eigenvalue weighted by Crippen LogP contribution is -1.98. The van der Waals surface area contributed by atoms with Gasteiger partial charge in [-0.2, -0.15) is 0 Å². The van der Waals surface area contributed by atoms with Gasteiger partial charge in [-0.3, -0.25) is 0 Å². The average molecular weight is 252 g/mol. The Labute approximate surface area is 105 Å². The number of ether oxygens (including phenoxy) is 1. The monoisotopic (exact) mass is 251 g/mol. The van der Waals surface area contributed by atoms with Gasteiger partial charge in [0.25, 0.3) is 0 Å². The van der Waals surface area contributed by atoms with Crippen molar-refractivity contribution in [2.45, 2.75) is 20.1 Å². The van der Waals surface area contributed by atoms with Crippen LogP contribution in [-0.2, 0) is 13.2 Å². The molecular formula is C12H14ClN3O. The molecule has 0 amide bonds. The Bertz CT molecular complexity index is 510. The van der Waals surface area contributed by atoms with Gasteiger partial charge in [0, 0.05) is 17.8 Å². The highest BCUT2D eigenvalue weighted by Gasteiger charge is 2.04. The topological polar surface area (TPSA) is 53.1 Å². The van der Waals surface area contributed by atoms with Gasteiger partial charge in [0.2, 0.25) is 0 Å². The summed E-state index contributed by atoms with van der Waals surface area (Å²) in [6.07, 6.45) is 1.89. The summed E-state index contributed by atoms with van der Waals surface area (Å²) >= 11 is 5.86. The van der Waals surface area contributed by atoms with Crippen LogP contribution in [0.15, 0.2) is 30.5 Å². The summed E-state index contributed by atoms with van der Waals surface area (Å²) in [5.74, 6) is 1.24. The van der Waals surface area contributed by atoms with Crippen molar-refractivity contribution in [3.8, 4) is 5.75 Å². The number of nitrogen functional groups attached to an aromatic ring is 1. The van der Waals surface area contributed by atoms with E-state index in [1.165, 1.54) is 0 Å². The molecular weight excluding hydrogens is 238 g/mol. The SMILES string of the molecule is CCn1cc(COc2cccc(Cl)c2)nc1N. The predicted octanol–water partition coefficient (Wildman–Crippen LogP) is 2.72. The van der Waals surface area contributed by atoms with Crippen molar-refractivity contribution in [3.05, 3.63) is 41.2 Å². The second-order valence-corrected chi connectivity index (χ2v) is 4.06. The van der Waals surface area contributed by atoms with Crippen molar-refractivity contribution in [3.63, 3.8) is 0 Å². The van der Waals surface area contributed by atoms with E-state index in [4.69, 9.17) is 22.1 Å². The molecule has 0 spiro atoms. The first kappa shape index (κ1) is 11.8. The molecule has 0 radical (unpaired) electrons. The molecule has 0 bridgehead atoms. The van der Waals surface area contributed by atoms with E-state index < -0.39 is 0 Å². The second-order valence-electron chi connectivity index (χ2n) is 3.62. The highest BCUT2D eigenvalue weighted by Crippen LogP contribution is 2.18. The van der Waals surface area contributed by atoms with Crippen LogP contribution < -0.4 is 10.5 Å². The lowest BCUT2D eigenvalue weighted by atomic mass is 10.3. The molecule has 0 saturated carbocycles. The van der Waals surface area contributed by atoms with Gasteiger partial charge in [-0.15, -0.1) is 0 Å². The fraction of sp³-hybridized carbons (Fsp3) is 0.250. The first-order valence-electron chi connectivity index (χ1n) is 5.39. The van der Waals surface area contributed by atoms with Crippen molar-refractivity contribution in [2.24, 2.45) is 0 Å². The zero-order valence-electron chi connectivity index (χ0n) is 9.56. The Morgan fingerprint density at radius 2 is 2.29 bits per heavy atom. The number of rotatable bonds is 4. The van der Waals surface area contributed by atoms with Gasteiger partial charge in [-0.25, -0.2) is 4.98 Å². The van der Waals surface area contributed by atoms with E-state index in [1.807, 2.05) is 29.8 Å². The fourth-order valence-corrected chi connectivity index (χ4v) is 1.70. The maximum absolute atomic E-state index is 5.86. The molecule has 0 unspecified atom stereocenters. The Morgan fingerprint density at radius 3 is 2.94 bits per heavy atom. The lowest BCUT2D eigenvalue weighted by molar-refractivity contribution is 0.302. The van der Waals surface area contributed by atoms with Gasteiger partial charge in [-0.1, -0.05) is 17.7 Å². The number of halogens is 1. The van der Waals surface area contributed by atoms with Crippen LogP contribution >= 0.6 is 11.6 Å². The smallest absolute Gasteiger partial charge is 0.200 e. The number of hydrogen-bond donors (Lipinski definition) is 1. The summed E-state index contributed by atoms with van der Waals surface area (Å²) in [6, 6.07) is 7.27. The molecule has 0 aliphatic heterocycles. The second kappa shape index (κ2) is 5.10. The molecule has 2 aromatic rings. The number of imidazole rings is 1. The van der Waals surface area contributed by atoms with Crippen LogP contribution in [0.25, 0.3) is 0 Å². The van der Waals surface area contributed by atoms with Crippen LogP contribution in [0, 0.1) is 0 Å². The van der Waals surface area contributed by atoms with E-state index in [2.05, 4.69) is 4.98 Å². The summed E-state index contributed by atoms with van der Waals surface area (Å²) in [5, 5.41) is 0.654. The number of aryl methyl sites for hydroxylation is 1. The number of anilines is 1. The molecule has 1 aromatic heterocycles. The van der Waals surface area contributed by atoms with Crippen molar-refractivity contribution < 1.29 is 4.74 Å². The third kappa shape index (κ3) is 2.91. The lowest BCUT2D eigenvalue weighted by Gasteiger charge is -2.03. The molecule has 5 heteroatoms. The minimum absolute atomic E-state index is 0.386. The van der Waals surface area contributed by atoms with E-state index in [-0.39, 0.29) is 0 Å². The largest absolute Gasteiger partial charge is 0.487 e. The Hall–Kier alpha value is -1.68. The van der Waals surface area contributed by atoms with Crippen LogP contribution in [0.3, 0.4) is 0 Å².